The van der Waals surface area contributed by atoms with Crippen LogP contribution in [0.15, 0.2) is 11.3 Å². The van der Waals surface area contributed by atoms with Crippen LogP contribution in [0.2, 0.25) is 0 Å². The van der Waals surface area contributed by atoms with Gasteiger partial charge >= 0.3 is 0 Å². The number of aromatic nitrogens is 2. The molecule has 0 spiro atoms. The van der Waals surface area contributed by atoms with Gasteiger partial charge in [-0.3, -0.25) is 4.99 Å². The Kier molecular flexibility index (Phi) is 3.12. The van der Waals surface area contributed by atoms with Crippen LogP contribution in [0, 0.1) is 0 Å². The monoisotopic (exact) mass is 221 g/mol. The lowest BCUT2D eigenvalue weighted by Gasteiger charge is -2.35. The molecule has 0 aromatic carbocycles. The molecule has 0 amide bonds. The van der Waals surface area contributed by atoms with Crippen molar-refractivity contribution >= 4 is 5.96 Å². The Balaban J connectivity index is 2.27. The third-order valence-corrected chi connectivity index (χ3v) is 3.05. The highest BCUT2D eigenvalue weighted by Crippen LogP contribution is 2.29. The molecule has 5 heteroatoms. The molecule has 88 valence electrons. The highest BCUT2D eigenvalue weighted by Gasteiger charge is 2.29. The number of hydrogen-bond acceptors (Lipinski definition) is 2. The Bertz CT molecular complexity index is 381. The number of H-pyrrole nitrogens is 1. The second kappa shape index (κ2) is 4.55. The van der Waals surface area contributed by atoms with E-state index in [2.05, 4.69) is 26.8 Å². The molecule has 1 aliphatic rings. The van der Waals surface area contributed by atoms with Gasteiger partial charge in [-0.15, -0.1) is 0 Å². The number of imidazole rings is 1. The van der Waals surface area contributed by atoms with Gasteiger partial charge in [0.15, 0.2) is 5.96 Å². The average molecular weight is 221 g/mol. The van der Waals surface area contributed by atoms with Crippen molar-refractivity contribution in [1.29, 1.82) is 0 Å². The molecule has 1 aliphatic heterocycles. The minimum Gasteiger partial charge on any atom is -0.370 e. The zero-order valence-electron chi connectivity index (χ0n) is 9.90. The lowest BCUT2D eigenvalue weighted by Crippen LogP contribution is -2.44. The molecule has 1 atom stereocenters. The van der Waals surface area contributed by atoms with Gasteiger partial charge in [-0.25, -0.2) is 4.98 Å². The topological polar surface area (TPSA) is 70.3 Å². The molecule has 5 nitrogen and oxygen atoms in total. The van der Waals surface area contributed by atoms with E-state index in [1.165, 1.54) is 5.69 Å². The molecule has 1 aromatic rings. The molecule has 3 N–H and O–H groups in total. The number of guanidine groups is 1. The summed E-state index contributed by atoms with van der Waals surface area (Å²) >= 11 is 0. The highest BCUT2D eigenvalue weighted by molar-refractivity contribution is 5.78. The van der Waals surface area contributed by atoms with Gasteiger partial charge in [0.1, 0.15) is 0 Å². The van der Waals surface area contributed by atoms with Gasteiger partial charge in [0.25, 0.3) is 0 Å². The summed E-state index contributed by atoms with van der Waals surface area (Å²) in [5, 5.41) is 0. The summed E-state index contributed by atoms with van der Waals surface area (Å²) in [6.07, 6.45) is 3.73. The van der Waals surface area contributed by atoms with Crippen LogP contribution < -0.4 is 5.73 Å². The zero-order valence-corrected chi connectivity index (χ0v) is 9.90. The van der Waals surface area contributed by atoms with E-state index in [0.717, 1.165) is 31.6 Å². The summed E-state index contributed by atoms with van der Waals surface area (Å²) in [7, 11) is 0. The molecule has 2 rings (SSSR count). The third kappa shape index (κ3) is 1.77. The molecule has 0 unspecified atom stereocenters. The molecular formula is C11H19N5. The average Bonchev–Trinajstić information content (AvgIpc) is 2.75. The molecular weight excluding hydrogens is 202 g/mol. The minimum absolute atomic E-state index is 0.269. The smallest absolute Gasteiger partial charge is 0.191 e. The Labute approximate surface area is 95.8 Å². The number of aromatic amines is 1. The van der Waals surface area contributed by atoms with Crippen molar-refractivity contribution in [2.45, 2.75) is 32.7 Å². The summed E-state index contributed by atoms with van der Waals surface area (Å²) in [5.74, 6) is 0.642. The van der Waals surface area contributed by atoms with Crippen LogP contribution in [0.1, 0.15) is 37.7 Å². The fourth-order valence-corrected chi connectivity index (χ4v) is 2.30. The quantitative estimate of drug-likeness (QED) is 0.579. The molecule has 0 saturated heterocycles. The van der Waals surface area contributed by atoms with E-state index in [9.17, 15) is 0 Å². The Morgan fingerprint density at radius 2 is 2.50 bits per heavy atom. The third-order valence-electron chi connectivity index (χ3n) is 3.05. The van der Waals surface area contributed by atoms with E-state index in [-0.39, 0.29) is 6.04 Å². The molecule has 0 radical (unpaired) electrons. The normalized spacial score (nSPS) is 21.0. The van der Waals surface area contributed by atoms with Crippen LogP contribution in [-0.4, -0.2) is 33.9 Å². The summed E-state index contributed by atoms with van der Waals surface area (Å²) < 4.78 is 0. The molecule has 0 bridgehead atoms. The molecule has 0 saturated carbocycles. The van der Waals surface area contributed by atoms with Gasteiger partial charge in [-0.1, -0.05) is 6.92 Å². The molecule has 1 aromatic heterocycles. The summed E-state index contributed by atoms with van der Waals surface area (Å²) in [4.78, 5) is 14.0. The van der Waals surface area contributed by atoms with E-state index >= 15 is 0 Å². The van der Waals surface area contributed by atoms with Crippen LogP contribution >= 0.6 is 0 Å². The number of nitrogens with zero attached hydrogens (tertiary/aromatic N) is 3. The van der Waals surface area contributed by atoms with E-state index in [1.54, 1.807) is 6.33 Å². The Morgan fingerprint density at radius 3 is 3.19 bits per heavy atom. The van der Waals surface area contributed by atoms with E-state index in [4.69, 9.17) is 5.73 Å². The lowest BCUT2D eigenvalue weighted by molar-refractivity contribution is 0.281. The summed E-state index contributed by atoms with van der Waals surface area (Å²) in [5.41, 5.74) is 8.36. The SMILES string of the molecule is CCN=C(N)N1CCc2[nH]cnc2[C@H]1CC. The van der Waals surface area contributed by atoms with Crippen molar-refractivity contribution in [2.24, 2.45) is 10.7 Å². The van der Waals surface area contributed by atoms with Crippen molar-refractivity contribution in [3.8, 4) is 0 Å². The van der Waals surface area contributed by atoms with E-state index in [0.29, 0.717) is 5.96 Å². The standard InChI is InChI=1S/C11H19N5/c1-3-9-10-8(14-7-15-10)5-6-16(9)11(12)13-4-2/h7,9H,3-6H2,1-2H3,(H2,12,13)(H,14,15)/t9-/m1/s1. The number of fused-ring (bicyclic) bond motifs is 1. The zero-order chi connectivity index (χ0) is 11.5. The van der Waals surface area contributed by atoms with Gasteiger partial charge in [0.05, 0.1) is 18.1 Å². The fourth-order valence-electron chi connectivity index (χ4n) is 2.30. The van der Waals surface area contributed by atoms with Crippen LogP contribution in [0.4, 0.5) is 0 Å². The molecule has 16 heavy (non-hydrogen) atoms. The van der Waals surface area contributed by atoms with Crippen molar-refractivity contribution in [2.75, 3.05) is 13.1 Å². The van der Waals surface area contributed by atoms with Gasteiger partial charge in [0.2, 0.25) is 0 Å². The second-order valence-corrected chi connectivity index (χ2v) is 3.97. The number of aliphatic imine (C=N–C) groups is 1. The van der Waals surface area contributed by atoms with Crippen molar-refractivity contribution in [1.82, 2.24) is 14.9 Å². The number of rotatable bonds is 2. The number of nitrogens with two attached hydrogens (primary N) is 1. The predicted octanol–water partition coefficient (Wildman–Crippen LogP) is 1.05. The highest BCUT2D eigenvalue weighted by atomic mass is 15.3. The number of hydrogen-bond donors (Lipinski definition) is 2. The first-order valence-electron chi connectivity index (χ1n) is 5.86. The van der Waals surface area contributed by atoms with Crippen molar-refractivity contribution in [3.05, 3.63) is 17.7 Å². The maximum Gasteiger partial charge on any atom is 0.191 e. The minimum atomic E-state index is 0.269. The van der Waals surface area contributed by atoms with Gasteiger partial charge in [-0.05, 0) is 13.3 Å². The lowest BCUT2D eigenvalue weighted by atomic mass is 10.0. The molecule has 2 heterocycles. The maximum absolute atomic E-state index is 5.99. The Morgan fingerprint density at radius 1 is 1.69 bits per heavy atom. The van der Waals surface area contributed by atoms with Crippen LogP contribution in [0.3, 0.4) is 0 Å². The van der Waals surface area contributed by atoms with Gasteiger partial charge in [0, 0.05) is 25.2 Å². The summed E-state index contributed by atoms with van der Waals surface area (Å²) in [6, 6.07) is 0.269. The van der Waals surface area contributed by atoms with E-state index < -0.39 is 0 Å². The first kappa shape index (κ1) is 11.0. The van der Waals surface area contributed by atoms with Crippen LogP contribution in [0.25, 0.3) is 0 Å². The van der Waals surface area contributed by atoms with Crippen LogP contribution in [-0.2, 0) is 6.42 Å². The first-order chi connectivity index (χ1) is 7.77. The second-order valence-electron chi connectivity index (χ2n) is 3.97. The van der Waals surface area contributed by atoms with Crippen molar-refractivity contribution < 1.29 is 0 Å². The van der Waals surface area contributed by atoms with Crippen molar-refractivity contribution in [3.63, 3.8) is 0 Å². The maximum atomic E-state index is 5.99. The van der Waals surface area contributed by atoms with E-state index in [1.807, 2.05) is 6.92 Å². The largest absolute Gasteiger partial charge is 0.370 e. The van der Waals surface area contributed by atoms with Gasteiger partial charge < -0.3 is 15.6 Å². The molecule has 0 fully saturated rings. The van der Waals surface area contributed by atoms with Gasteiger partial charge in [-0.2, -0.15) is 0 Å². The first-order valence-corrected chi connectivity index (χ1v) is 5.86. The van der Waals surface area contributed by atoms with Crippen LogP contribution in [0.5, 0.6) is 0 Å². The number of nitrogens with one attached hydrogen (secondary N) is 1. The fraction of sp³-hybridized carbons (Fsp3) is 0.636. The predicted molar refractivity (Wildman–Crippen MR) is 64.2 cm³/mol. The molecule has 0 aliphatic carbocycles. The summed E-state index contributed by atoms with van der Waals surface area (Å²) in [6.45, 7) is 5.80. The Hall–Kier alpha value is -1.52.